The van der Waals surface area contributed by atoms with Crippen molar-refractivity contribution in [3.8, 4) is 0 Å². The van der Waals surface area contributed by atoms with Crippen LogP contribution >= 0.6 is 11.6 Å². The van der Waals surface area contributed by atoms with Gasteiger partial charge in [-0.1, -0.05) is 11.6 Å². The summed E-state index contributed by atoms with van der Waals surface area (Å²) in [6.07, 6.45) is 0. The third-order valence-corrected chi connectivity index (χ3v) is 3.94. The van der Waals surface area contributed by atoms with Gasteiger partial charge >= 0.3 is 0 Å². The van der Waals surface area contributed by atoms with Gasteiger partial charge in [-0.15, -0.1) is 0 Å². The molecule has 0 spiro atoms. The Kier molecular flexibility index (Phi) is 4.20. The van der Waals surface area contributed by atoms with Gasteiger partial charge in [0.25, 0.3) is 5.69 Å². The standard InChI is InChI=1S/C14H20ClN3O2/c1-14(2,3)17-8-6-16(7-9-17)12-5-4-11(15)10-13(12)18(19)20/h4-5,10H,6-9H2,1-3H3. The van der Waals surface area contributed by atoms with Crippen LogP contribution in [0.25, 0.3) is 0 Å². The predicted molar refractivity (Wildman–Crippen MR) is 81.6 cm³/mol. The van der Waals surface area contributed by atoms with Crippen LogP contribution in [0.4, 0.5) is 11.4 Å². The molecule has 0 N–H and O–H groups in total. The lowest BCUT2D eigenvalue weighted by Gasteiger charge is -2.42. The third kappa shape index (κ3) is 3.22. The molecule has 5 nitrogen and oxygen atoms in total. The molecule has 0 radical (unpaired) electrons. The lowest BCUT2D eigenvalue weighted by molar-refractivity contribution is -0.384. The number of halogens is 1. The highest BCUT2D eigenvalue weighted by Crippen LogP contribution is 2.32. The number of hydrogen-bond acceptors (Lipinski definition) is 4. The quantitative estimate of drug-likeness (QED) is 0.621. The summed E-state index contributed by atoms with van der Waals surface area (Å²) >= 11 is 5.85. The first kappa shape index (κ1) is 15.1. The highest BCUT2D eigenvalue weighted by molar-refractivity contribution is 6.30. The molecule has 6 heteroatoms. The van der Waals surface area contributed by atoms with Crippen LogP contribution < -0.4 is 4.90 Å². The van der Waals surface area contributed by atoms with E-state index in [-0.39, 0.29) is 16.1 Å². The maximum absolute atomic E-state index is 11.2. The minimum atomic E-state index is -0.364. The van der Waals surface area contributed by atoms with Gasteiger partial charge in [0.1, 0.15) is 5.69 Å². The number of nitro benzene ring substituents is 1. The fourth-order valence-electron chi connectivity index (χ4n) is 2.53. The second-order valence-electron chi connectivity index (χ2n) is 6.04. The van der Waals surface area contributed by atoms with Crippen LogP contribution in [0.5, 0.6) is 0 Å². The van der Waals surface area contributed by atoms with E-state index in [4.69, 9.17) is 11.6 Å². The summed E-state index contributed by atoms with van der Waals surface area (Å²) in [6.45, 7) is 9.96. The van der Waals surface area contributed by atoms with Gasteiger partial charge in [0.15, 0.2) is 0 Å². The number of nitro groups is 1. The van der Waals surface area contributed by atoms with Crippen molar-refractivity contribution in [3.05, 3.63) is 33.3 Å². The van der Waals surface area contributed by atoms with Gasteiger partial charge in [0.05, 0.1) is 4.92 Å². The van der Waals surface area contributed by atoms with E-state index in [9.17, 15) is 10.1 Å². The normalized spacial score (nSPS) is 17.3. The van der Waals surface area contributed by atoms with Crippen molar-refractivity contribution >= 4 is 23.0 Å². The van der Waals surface area contributed by atoms with Gasteiger partial charge in [-0.05, 0) is 32.9 Å². The van der Waals surface area contributed by atoms with Gasteiger partial charge in [-0.3, -0.25) is 15.0 Å². The number of anilines is 1. The zero-order valence-corrected chi connectivity index (χ0v) is 12.9. The van der Waals surface area contributed by atoms with Crippen LogP contribution in [0.15, 0.2) is 18.2 Å². The van der Waals surface area contributed by atoms with E-state index in [0.29, 0.717) is 10.7 Å². The predicted octanol–water partition coefficient (Wildman–Crippen LogP) is 3.17. The molecule has 2 rings (SSSR count). The smallest absolute Gasteiger partial charge is 0.294 e. The van der Waals surface area contributed by atoms with Gasteiger partial charge in [-0.25, -0.2) is 0 Å². The van der Waals surface area contributed by atoms with Gasteiger partial charge in [0, 0.05) is 42.8 Å². The molecule has 1 fully saturated rings. The molecule has 1 heterocycles. The van der Waals surface area contributed by atoms with Crippen LogP contribution in [0.2, 0.25) is 5.02 Å². The van der Waals surface area contributed by atoms with Crippen LogP contribution in [0.1, 0.15) is 20.8 Å². The Hall–Kier alpha value is -1.33. The summed E-state index contributed by atoms with van der Waals surface area (Å²) < 4.78 is 0. The molecule has 1 aliphatic rings. The Labute approximate surface area is 124 Å². The molecule has 0 unspecified atom stereocenters. The second-order valence-corrected chi connectivity index (χ2v) is 6.47. The number of hydrogen-bond donors (Lipinski definition) is 0. The molecule has 1 aliphatic heterocycles. The molecular weight excluding hydrogens is 278 g/mol. The molecule has 1 aromatic rings. The van der Waals surface area contributed by atoms with E-state index in [1.807, 2.05) is 0 Å². The number of rotatable bonds is 2. The molecule has 0 aliphatic carbocycles. The second kappa shape index (κ2) is 5.58. The van der Waals surface area contributed by atoms with Crippen molar-refractivity contribution in [2.45, 2.75) is 26.3 Å². The van der Waals surface area contributed by atoms with Crippen molar-refractivity contribution in [2.75, 3.05) is 31.1 Å². The van der Waals surface area contributed by atoms with Crippen molar-refractivity contribution in [3.63, 3.8) is 0 Å². The van der Waals surface area contributed by atoms with Crippen molar-refractivity contribution in [1.82, 2.24) is 4.90 Å². The first-order valence-electron chi connectivity index (χ1n) is 6.73. The average molecular weight is 298 g/mol. The topological polar surface area (TPSA) is 49.6 Å². The molecule has 0 atom stereocenters. The SMILES string of the molecule is CC(C)(C)N1CCN(c2ccc(Cl)cc2[N+](=O)[O-])CC1. The molecule has 1 aromatic carbocycles. The highest BCUT2D eigenvalue weighted by atomic mass is 35.5. The first-order chi connectivity index (χ1) is 9.29. The molecule has 20 heavy (non-hydrogen) atoms. The molecule has 0 bridgehead atoms. The third-order valence-electron chi connectivity index (χ3n) is 3.70. The molecule has 0 aromatic heterocycles. The maximum atomic E-state index is 11.2. The van der Waals surface area contributed by atoms with E-state index >= 15 is 0 Å². The fraction of sp³-hybridized carbons (Fsp3) is 0.571. The van der Waals surface area contributed by atoms with Crippen molar-refractivity contribution < 1.29 is 4.92 Å². The van der Waals surface area contributed by atoms with Crippen molar-refractivity contribution in [2.24, 2.45) is 0 Å². The lowest BCUT2D eigenvalue weighted by Crippen LogP contribution is -2.53. The zero-order chi connectivity index (χ0) is 14.9. The monoisotopic (exact) mass is 297 g/mol. The van der Waals surface area contributed by atoms with E-state index in [1.165, 1.54) is 6.07 Å². The Morgan fingerprint density at radius 1 is 1.20 bits per heavy atom. The Morgan fingerprint density at radius 3 is 2.30 bits per heavy atom. The van der Waals surface area contributed by atoms with Crippen LogP contribution in [0.3, 0.4) is 0 Å². The lowest BCUT2D eigenvalue weighted by atomic mass is 10.0. The summed E-state index contributed by atoms with van der Waals surface area (Å²) in [5.41, 5.74) is 0.882. The minimum Gasteiger partial charge on any atom is -0.363 e. The average Bonchev–Trinajstić information content (AvgIpc) is 2.37. The summed E-state index contributed by atoms with van der Waals surface area (Å²) in [6, 6.07) is 4.88. The molecule has 1 saturated heterocycles. The van der Waals surface area contributed by atoms with Gasteiger partial charge < -0.3 is 4.90 Å². The Bertz CT molecular complexity index is 506. The van der Waals surface area contributed by atoms with Crippen LogP contribution in [0, 0.1) is 10.1 Å². The first-order valence-corrected chi connectivity index (χ1v) is 7.11. The van der Waals surface area contributed by atoms with E-state index in [1.54, 1.807) is 12.1 Å². The Balaban J connectivity index is 2.17. The van der Waals surface area contributed by atoms with Crippen LogP contribution in [-0.2, 0) is 0 Å². The van der Waals surface area contributed by atoms with E-state index in [0.717, 1.165) is 26.2 Å². The summed E-state index contributed by atoms with van der Waals surface area (Å²) in [4.78, 5) is 15.2. The van der Waals surface area contributed by atoms with Crippen molar-refractivity contribution in [1.29, 1.82) is 0 Å². The van der Waals surface area contributed by atoms with E-state index < -0.39 is 0 Å². The van der Waals surface area contributed by atoms with Gasteiger partial charge in [0.2, 0.25) is 0 Å². The number of piperazine rings is 1. The molecule has 110 valence electrons. The summed E-state index contributed by atoms with van der Waals surface area (Å²) in [5, 5.41) is 11.5. The molecule has 0 amide bonds. The summed E-state index contributed by atoms with van der Waals surface area (Å²) in [5.74, 6) is 0. The maximum Gasteiger partial charge on any atom is 0.294 e. The number of nitrogens with zero attached hydrogens (tertiary/aromatic N) is 3. The molecule has 0 saturated carbocycles. The Morgan fingerprint density at radius 2 is 1.80 bits per heavy atom. The highest BCUT2D eigenvalue weighted by Gasteiger charge is 2.28. The molecular formula is C14H20ClN3O2. The summed E-state index contributed by atoms with van der Waals surface area (Å²) in [7, 11) is 0. The van der Waals surface area contributed by atoms with E-state index in [2.05, 4.69) is 30.6 Å². The zero-order valence-electron chi connectivity index (χ0n) is 12.1. The minimum absolute atomic E-state index is 0.0849. The largest absolute Gasteiger partial charge is 0.363 e. The number of benzene rings is 1. The van der Waals surface area contributed by atoms with Crippen LogP contribution in [-0.4, -0.2) is 41.5 Å². The van der Waals surface area contributed by atoms with Gasteiger partial charge in [-0.2, -0.15) is 0 Å². The fourth-order valence-corrected chi connectivity index (χ4v) is 2.69.